The topological polar surface area (TPSA) is 66.2 Å². The van der Waals surface area contributed by atoms with Gasteiger partial charge >= 0.3 is 29.6 Å². The zero-order valence-electron chi connectivity index (χ0n) is 9.02. The number of thiazole rings is 1. The van der Waals surface area contributed by atoms with Crippen molar-refractivity contribution in [2.45, 2.75) is 13.3 Å². The second-order valence-corrected chi connectivity index (χ2v) is 4.33. The number of carboxylic acid groups (broad SMARTS) is 1. The molecule has 4 nitrogen and oxygen atoms in total. The van der Waals surface area contributed by atoms with E-state index in [1.54, 1.807) is 18.4 Å². The van der Waals surface area contributed by atoms with Crippen LogP contribution in [0.4, 0.5) is 0 Å². The van der Waals surface area contributed by atoms with E-state index in [-0.39, 0.29) is 36.0 Å². The molecule has 0 aliphatic heterocycles. The summed E-state index contributed by atoms with van der Waals surface area (Å²) in [4.78, 5) is 15.5. The maximum Gasteiger partial charge on any atom is 1.00 e. The van der Waals surface area contributed by atoms with E-state index in [1.807, 2.05) is 6.92 Å². The van der Waals surface area contributed by atoms with Crippen molar-refractivity contribution in [3.8, 4) is 11.5 Å². The van der Waals surface area contributed by atoms with E-state index in [0.29, 0.717) is 16.5 Å². The summed E-state index contributed by atoms with van der Waals surface area (Å²) in [7, 11) is 0. The minimum absolute atomic E-state index is 0. The maximum atomic E-state index is 10.4. The summed E-state index contributed by atoms with van der Waals surface area (Å²) in [5.74, 6) is -0.455. The molecule has 0 unspecified atom stereocenters. The molecule has 0 bridgehead atoms. The van der Waals surface area contributed by atoms with Gasteiger partial charge in [0.15, 0.2) is 5.76 Å². The van der Waals surface area contributed by atoms with Gasteiger partial charge in [-0.05, 0) is 19.1 Å². The summed E-state index contributed by atoms with van der Waals surface area (Å²) in [5.41, 5.74) is 0.709. The fraction of sp³-hybridized carbons (Fsp3) is 0.200. The van der Waals surface area contributed by atoms with Crippen LogP contribution < -0.4 is 34.7 Å². The largest absolute Gasteiger partial charge is 1.00 e. The first-order valence-electron chi connectivity index (χ1n) is 4.37. The van der Waals surface area contributed by atoms with Gasteiger partial charge in [-0.1, -0.05) is 0 Å². The number of carbonyl (C=O) groups is 1. The van der Waals surface area contributed by atoms with E-state index in [0.717, 1.165) is 4.88 Å². The fourth-order valence-corrected chi connectivity index (χ4v) is 2.22. The number of nitrogens with zero attached hydrogens (tertiary/aromatic N) is 1. The van der Waals surface area contributed by atoms with Crippen molar-refractivity contribution >= 4 is 17.3 Å². The fourth-order valence-electron chi connectivity index (χ4n) is 1.29. The van der Waals surface area contributed by atoms with Crippen molar-refractivity contribution in [3.63, 3.8) is 0 Å². The Kier molecular flexibility index (Phi) is 4.73. The van der Waals surface area contributed by atoms with E-state index >= 15 is 0 Å². The molecular formula is C10H8NNaO3S. The molecule has 0 aliphatic rings. The first kappa shape index (κ1) is 13.4. The van der Waals surface area contributed by atoms with Crippen LogP contribution in [0.15, 0.2) is 22.8 Å². The van der Waals surface area contributed by atoms with Crippen LogP contribution in [0.1, 0.15) is 9.88 Å². The summed E-state index contributed by atoms with van der Waals surface area (Å²) in [6, 6.07) is 3.57. The Morgan fingerprint density at radius 2 is 2.38 bits per heavy atom. The Hall–Kier alpha value is -0.620. The number of furan rings is 1. The smallest absolute Gasteiger partial charge is 0.550 e. The first-order valence-corrected chi connectivity index (χ1v) is 5.18. The zero-order valence-corrected chi connectivity index (χ0v) is 11.8. The van der Waals surface area contributed by atoms with E-state index in [2.05, 4.69) is 4.98 Å². The molecule has 0 aliphatic carbocycles. The van der Waals surface area contributed by atoms with Crippen LogP contribution in [0.2, 0.25) is 0 Å². The van der Waals surface area contributed by atoms with Crippen LogP contribution in [0.3, 0.4) is 0 Å². The molecule has 2 aromatic rings. The maximum absolute atomic E-state index is 10.4. The Labute approximate surface area is 119 Å². The van der Waals surface area contributed by atoms with Crippen molar-refractivity contribution in [3.05, 3.63) is 28.3 Å². The molecule has 0 fully saturated rings. The van der Waals surface area contributed by atoms with Crippen molar-refractivity contribution in [1.29, 1.82) is 0 Å². The summed E-state index contributed by atoms with van der Waals surface area (Å²) in [6.07, 6.45) is 1.42. The predicted molar refractivity (Wildman–Crippen MR) is 53.3 cm³/mol. The van der Waals surface area contributed by atoms with Crippen LogP contribution in [0.5, 0.6) is 0 Å². The third kappa shape index (κ3) is 2.95. The molecule has 78 valence electrons. The molecule has 0 saturated heterocycles. The third-order valence-corrected chi connectivity index (χ3v) is 2.86. The molecule has 0 amide bonds. The van der Waals surface area contributed by atoms with Gasteiger partial charge in [0.1, 0.15) is 5.69 Å². The minimum atomic E-state index is -1.12. The van der Waals surface area contributed by atoms with Crippen molar-refractivity contribution in [1.82, 2.24) is 4.98 Å². The van der Waals surface area contributed by atoms with Crippen molar-refractivity contribution < 1.29 is 43.9 Å². The number of carboxylic acids is 1. The van der Waals surface area contributed by atoms with Crippen LogP contribution in [0, 0.1) is 6.92 Å². The number of aryl methyl sites for hydroxylation is 1. The van der Waals surface area contributed by atoms with Gasteiger partial charge in [-0.25, -0.2) is 4.98 Å². The van der Waals surface area contributed by atoms with Gasteiger partial charge in [0.05, 0.1) is 11.3 Å². The summed E-state index contributed by atoms with van der Waals surface area (Å²) >= 11 is 1.35. The predicted octanol–water partition coefficient (Wildman–Crippen LogP) is -1.99. The number of rotatable bonds is 3. The van der Waals surface area contributed by atoms with Gasteiger partial charge in [-0.3, -0.25) is 0 Å². The van der Waals surface area contributed by atoms with Crippen LogP contribution >= 0.6 is 11.3 Å². The molecule has 6 heteroatoms. The Balaban J connectivity index is 0.00000128. The summed E-state index contributed by atoms with van der Waals surface area (Å²) < 4.78 is 5.20. The SMILES string of the molecule is Cc1sc(CC(=O)[O-])nc1-c1ccco1.[Na+]. The first-order chi connectivity index (χ1) is 7.16. The summed E-state index contributed by atoms with van der Waals surface area (Å²) in [5, 5.41) is 10.9. The molecule has 2 aromatic heterocycles. The summed E-state index contributed by atoms with van der Waals surface area (Å²) in [6.45, 7) is 1.88. The monoisotopic (exact) mass is 245 g/mol. The number of aliphatic carboxylic acids is 1. The van der Waals surface area contributed by atoms with E-state index in [9.17, 15) is 9.90 Å². The van der Waals surface area contributed by atoms with E-state index in [4.69, 9.17) is 4.42 Å². The van der Waals surface area contributed by atoms with Crippen LogP contribution in [-0.2, 0) is 11.2 Å². The van der Waals surface area contributed by atoms with Gasteiger partial charge in [-0.2, -0.15) is 0 Å². The van der Waals surface area contributed by atoms with E-state index in [1.165, 1.54) is 11.3 Å². The molecule has 0 aromatic carbocycles. The standard InChI is InChI=1S/C10H9NO3S.Na/c1-6-10(7-3-2-4-14-7)11-8(15-6)5-9(12)13;/h2-4H,5H2,1H3,(H,12,13);/q;+1/p-1. The van der Waals surface area contributed by atoms with Gasteiger partial charge in [0.2, 0.25) is 0 Å². The molecular weight excluding hydrogens is 237 g/mol. The van der Waals surface area contributed by atoms with E-state index < -0.39 is 5.97 Å². The van der Waals surface area contributed by atoms with Crippen LogP contribution in [-0.4, -0.2) is 11.0 Å². The number of hydrogen-bond donors (Lipinski definition) is 0. The number of carbonyl (C=O) groups excluding carboxylic acids is 1. The normalized spacial score (nSPS) is 9.81. The zero-order chi connectivity index (χ0) is 10.8. The minimum Gasteiger partial charge on any atom is -0.550 e. The molecule has 0 saturated carbocycles. The molecule has 2 rings (SSSR count). The number of hydrogen-bond acceptors (Lipinski definition) is 5. The molecule has 16 heavy (non-hydrogen) atoms. The second-order valence-electron chi connectivity index (χ2n) is 3.04. The van der Waals surface area contributed by atoms with Crippen molar-refractivity contribution in [2.24, 2.45) is 0 Å². The van der Waals surface area contributed by atoms with Gasteiger partial charge in [-0.15, -0.1) is 11.3 Å². The quantitative estimate of drug-likeness (QED) is 0.587. The molecule has 0 N–H and O–H groups in total. The Bertz CT molecular complexity index is 478. The molecule has 0 radical (unpaired) electrons. The second kappa shape index (κ2) is 5.63. The third-order valence-electron chi connectivity index (χ3n) is 1.89. The Morgan fingerprint density at radius 1 is 1.62 bits per heavy atom. The van der Waals surface area contributed by atoms with Gasteiger partial charge < -0.3 is 14.3 Å². The average molecular weight is 245 g/mol. The number of aromatic nitrogens is 1. The average Bonchev–Trinajstić information content (AvgIpc) is 2.72. The van der Waals surface area contributed by atoms with Crippen LogP contribution in [0.25, 0.3) is 11.5 Å². The van der Waals surface area contributed by atoms with Gasteiger partial charge in [0.25, 0.3) is 0 Å². The molecule has 2 heterocycles. The van der Waals surface area contributed by atoms with Crippen molar-refractivity contribution in [2.75, 3.05) is 0 Å². The molecule has 0 spiro atoms. The Morgan fingerprint density at radius 3 is 2.94 bits per heavy atom. The van der Waals surface area contributed by atoms with Gasteiger partial charge in [0, 0.05) is 17.3 Å². The molecule has 0 atom stereocenters.